The highest BCUT2D eigenvalue weighted by atomic mass is 35.5. The molecule has 0 unspecified atom stereocenters. The van der Waals surface area contributed by atoms with Crippen LogP contribution in [-0.4, -0.2) is 31.3 Å². The Morgan fingerprint density at radius 2 is 1.83 bits per heavy atom. The van der Waals surface area contributed by atoms with Crippen molar-refractivity contribution in [3.05, 3.63) is 58.1 Å². The number of nitrogens with one attached hydrogen (secondary N) is 1. The normalized spacial score (nSPS) is 11.6. The minimum Gasteiger partial charge on any atom is -0.324 e. The van der Waals surface area contributed by atoms with Crippen LogP contribution in [0.5, 0.6) is 0 Å². The molecule has 0 atom stereocenters. The molecule has 0 aliphatic rings. The molecule has 1 N–H and O–H groups in total. The third kappa shape index (κ3) is 5.10. The molecule has 2 aromatic carbocycles. The highest BCUT2D eigenvalue weighted by molar-refractivity contribution is 7.99. The van der Waals surface area contributed by atoms with Crippen LogP contribution in [0.1, 0.15) is 16.7 Å². The first-order valence-corrected chi connectivity index (χ1v) is 12.1. The second-order valence-electron chi connectivity index (χ2n) is 7.01. The zero-order valence-electron chi connectivity index (χ0n) is 16.5. The Balaban J connectivity index is 1.76. The lowest BCUT2D eigenvalue weighted by atomic mass is 10.0. The van der Waals surface area contributed by atoms with Crippen LogP contribution in [0.25, 0.3) is 10.9 Å². The van der Waals surface area contributed by atoms with Crippen LogP contribution < -0.4 is 5.32 Å². The van der Waals surface area contributed by atoms with Gasteiger partial charge in [-0.1, -0.05) is 35.0 Å². The molecule has 3 rings (SSSR count). The quantitative estimate of drug-likeness (QED) is 0.559. The van der Waals surface area contributed by atoms with Crippen LogP contribution in [0, 0.1) is 20.8 Å². The minimum absolute atomic E-state index is 0.0995. The highest BCUT2D eigenvalue weighted by Gasteiger charge is 2.13. The number of benzene rings is 2. The van der Waals surface area contributed by atoms with Gasteiger partial charge in [-0.25, -0.2) is 13.4 Å². The Morgan fingerprint density at radius 3 is 2.52 bits per heavy atom. The molecule has 0 saturated heterocycles. The molecule has 29 heavy (non-hydrogen) atoms. The zero-order valence-corrected chi connectivity index (χ0v) is 18.9. The standard InChI is InChI=1S/C21H21ClN2O3S2/c1-12-7-14(3)21-16(8-12)13(2)9-20(24-21)28-11-19(25)23-18-10-15(29(4,26)27)5-6-17(18)22/h5-10H,11H2,1-4H3,(H,23,25). The van der Waals surface area contributed by atoms with E-state index in [4.69, 9.17) is 16.6 Å². The van der Waals surface area contributed by atoms with Crippen LogP contribution >= 0.6 is 23.4 Å². The Morgan fingerprint density at radius 1 is 1.10 bits per heavy atom. The van der Waals surface area contributed by atoms with E-state index < -0.39 is 9.84 Å². The van der Waals surface area contributed by atoms with Crippen LogP contribution in [0.3, 0.4) is 0 Å². The van der Waals surface area contributed by atoms with Crippen molar-refractivity contribution in [1.82, 2.24) is 4.98 Å². The number of anilines is 1. The third-order valence-electron chi connectivity index (χ3n) is 4.42. The molecular formula is C21H21ClN2O3S2. The SMILES string of the molecule is Cc1cc(C)c2nc(SCC(=O)Nc3cc(S(C)(=O)=O)ccc3Cl)cc(C)c2c1. The topological polar surface area (TPSA) is 76.1 Å². The van der Waals surface area contributed by atoms with Gasteiger partial charge in [0, 0.05) is 11.6 Å². The Kier molecular flexibility index (Phi) is 6.22. The largest absolute Gasteiger partial charge is 0.324 e. The fraction of sp³-hybridized carbons (Fsp3) is 0.238. The van der Waals surface area contributed by atoms with Gasteiger partial charge in [0.2, 0.25) is 5.91 Å². The maximum Gasteiger partial charge on any atom is 0.234 e. The van der Waals surface area contributed by atoms with E-state index in [1.165, 1.54) is 35.5 Å². The summed E-state index contributed by atoms with van der Waals surface area (Å²) in [6, 6.07) is 10.4. The van der Waals surface area contributed by atoms with E-state index in [1.807, 2.05) is 19.9 Å². The molecule has 5 nitrogen and oxygen atoms in total. The number of aryl methyl sites for hydroxylation is 3. The van der Waals surface area contributed by atoms with Gasteiger partial charge in [0.05, 0.1) is 31.9 Å². The molecule has 0 bridgehead atoms. The summed E-state index contributed by atoms with van der Waals surface area (Å²) in [5.41, 5.74) is 4.59. The molecule has 0 aliphatic heterocycles. The summed E-state index contributed by atoms with van der Waals surface area (Å²) in [5, 5.41) is 4.83. The average Bonchev–Trinajstić information content (AvgIpc) is 2.62. The molecule has 0 spiro atoms. The van der Waals surface area contributed by atoms with E-state index in [0.29, 0.717) is 0 Å². The maximum atomic E-state index is 12.4. The highest BCUT2D eigenvalue weighted by Crippen LogP contribution is 2.28. The van der Waals surface area contributed by atoms with Gasteiger partial charge in [-0.2, -0.15) is 0 Å². The maximum absolute atomic E-state index is 12.4. The molecule has 0 radical (unpaired) electrons. The van der Waals surface area contributed by atoms with E-state index in [0.717, 1.165) is 33.3 Å². The molecule has 152 valence electrons. The molecule has 0 aliphatic carbocycles. The first kappa shape index (κ1) is 21.6. The fourth-order valence-corrected chi connectivity index (χ4v) is 4.62. The summed E-state index contributed by atoms with van der Waals surface area (Å²) >= 11 is 7.42. The number of carbonyl (C=O) groups excluding carboxylic acids is 1. The monoisotopic (exact) mass is 448 g/mol. The number of pyridine rings is 1. The van der Waals surface area contributed by atoms with Crippen molar-refractivity contribution in [2.24, 2.45) is 0 Å². The number of sulfone groups is 1. The predicted molar refractivity (Wildman–Crippen MR) is 120 cm³/mol. The van der Waals surface area contributed by atoms with E-state index in [2.05, 4.69) is 24.4 Å². The summed E-state index contributed by atoms with van der Waals surface area (Å²) in [5.74, 6) is -0.162. The van der Waals surface area contributed by atoms with Crippen LogP contribution in [0.2, 0.25) is 5.02 Å². The molecule has 1 aromatic heterocycles. The Hall–Kier alpha value is -2.09. The van der Waals surface area contributed by atoms with E-state index in [1.54, 1.807) is 0 Å². The van der Waals surface area contributed by atoms with Gasteiger partial charge in [-0.3, -0.25) is 4.79 Å². The molecule has 0 saturated carbocycles. The smallest absolute Gasteiger partial charge is 0.234 e. The number of rotatable bonds is 5. The predicted octanol–water partition coefficient (Wildman–Crippen LogP) is 4.95. The number of aromatic nitrogens is 1. The number of hydrogen-bond acceptors (Lipinski definition) is 5. The van der Waals surface area contributed by atoms with E-state index >= 15 is 0 Å². The van der Waals surface area contributed by atoms with Crippen LogP contribution in [-0.2, 0) is 14.6 Å². The number of carbonyl (C=O) groups is 1. The van der Waals surface area contributed by atoms with Gasteiger partial charge in [0.25, 0.3) is 0 Å². The van der Waals surface area contributed by atoms with Gasteiger partial charge < -0.3 is 5.32 Å². The van der Waals surface area contributed by atoms with Crippen molar-refractivity contribution in [3.8, 4) is 0 Å². The van der Waals surface area contributed by atoms with E-state index in [-0.39, 0.29) is 27.3 Å². The van der Waals surface area contributed by atoms with Gasteiger partial charge >= 0.3 is 0 Å². The van der Waals surface area contributed by atoms with Crippen LogP contribution in [0.4, 0.5) is 5.69 Å². The van der Waals surface area contributed by atoms with Gasteiger partial charge in [-0.15, -0.1) is 0 Å². The summed E-state index contributed by atoms with van der Waals surface area (Å²) in [7, 11) is -3.39. The fourth-order valence-electron chi connectivity index (χ4n) is 3.04. The number of fused-ring (bicyclic) bond motifs is 1. The molecule has 8 heteroatoms. The summed E-state index contributed by atoms with van der Waals surface area (Å²) < 4.78 is 23.4. The lowest BCUT2D eigenvalue weighted by molar-refractivity contribution is -0.113. The number of hydrogen-bond donors (Lipinski definition) is 1. The molecule has 1 amide bonds. The molecule has 1 heterocycles. The lowest BCUT2D eigenvalue weighted by Gasteiger charge is -2.11. The third-order valence-corrected chi connectivity index (χ3v) is 6.77. The summed E-state index contributed by atoms with van der Waals surface area (Å²) in [4.78, 5) is 17.2. The molecule has 0 fully saturated rings. The first-order valence-electron chi connectivity index (χ1n) is 8.85. The summed E-state index contributed by atoms with van der Waals surface area (Å²) in [6.07, 6.45) is 1.11. The number of amides is 1. The van der Waals surface area contributed by atoms with Crippen molar-refractivity contribution < 1.29 is 13.2 Å². The van der Waals surface area contributed by atoms with Gasteiger partial charge in [-0.05, 0) is 62.2 Å². The zero-order chi connectivity index (χ0) is 21.3. The molecular weight excluding hydrogens is 428 g/mol. The number of halogens is 1. The van der Waals surface area contributed by atoms with Gasteiger partial charge in [0.1, 0.15) is 0 Å². The minimum atomic E-state index is -3.39. The second-order valence-corrected chi connectivity index (χ2v) is 10.4. The van der Waals surface area contributed by atoms with E-state index in [9.17, 15) is 13.2 Å². The van der Waals surface area contributed by atoms with Crippen molar-refractivity contribution in [3.63, 3.8) is 0 Å². The second kappa shape index (κ2) is 8.34. The van der Waals surface area contributed by atoms with Crippen molar-refractivity contribution in [2.75, 3.05) is 17.3 Å². The van der Waals surface area contributed by atoms with Crippen molar-refractivity contribution in [1.29, 1.82) is 0 Å². The first-order chi connectivity index (χ1) is 13.5. The lowest BCUT2D eigenvalue weighted by Crippen LogP contribution is -2.15. The van der Waals surface area contributed by atoms with Crippen molar-refractivity contribution >= 4 is 55.7 Å². The van der Waals surface area contributed by atoms with Gasteiger partial charge in [0.15, 0.2) is 9.84 Å². The van der Waals surface area contributed by atoms with Crippen molar-refractivity contribution in [2.45, 2.75) is 30.7 Å². The average molecular weight is 449 g/mol. The Labute approximate surface area is 179 Å². The number of nitrogens with zero attached hydrogens (tertiary/aromatic N) is 1. The molecule has 3 aromatic rings. The van der Waals surface area contributed by atoms with Crippen LogP contribution in [0.15, 0.2) is 46.3 Å². The number of thioether (sulfide) groups is 1. The Bertz CT molecular complexity index is 1220. The summed E-state index contributed by atoms with van der Waals surface area (Å²) in [6.45, 7) is 6.12.